The molecule has 0 bridgehead atoms. The van der Waals surface area contributed by atoms with E-state index in [0.717, 1.165) is 19.0 Å². The van der Waals surface area contributed by atoms with E-state index in [4.69, 9.17) is 4.74 Å². The Bertz CT molecular complexity index is 787. The summed E-state index contributed by atoms with van der Waals surface area (Å²) in [7, 11) is 3.22. The number of hydrogen-bond acceptors (Lipinski definition) is 4. The highest BCUT2D eigenvalue weighted by molar-refractivity contribution is 5.82. The van der Waals surface area contributed by atoms with Crippen molar-refractivity contribution in [3.8, 4) is 0 Å². The van der Waals surface area contributed by atoms with Crippen LogP contribution in [0.4, 0.5) is 0 Å². The number of aromatic nitrogens is 2. The summed E-state index contributed by atoms with van der Waals surface area (Å²) in [4.78, 5) is 18.4. The van der Waals surface area contributed by atoms with Crippen LogP contribution in [-0.2, 0) is 22.6 Å². The lowest BCUT2D eigenvalue weighted by Gasteiger charge is -2.21. The number of nitrogens with one attached hydrogen (secondary N) is 1. The second-order valence-electron chi connectivity index (χ2n) is 6.94. The molecule has 3 rings (SSSR count). The number of esters is 1. The molecule has 0 spiro atoms. The van der Waals surface area contributed by atoms with E-state index >= 15 is 0 Å². The number of ether oxygens (including phenoxy) is 1. The minimum atomic E-state index is -0.147. The van der Waals surface area contributed by atoms with Crippen molar-refractivity contribution in [3.63, 3.8) is 0 Å². The molecule has 7 nitrogen and oxygen atoms in total. The predicted molar refractivity (Wildman–Crippen MR) is 104 cm³/mol. The number of aliphatic imine (C=N–C) groups is 1. The van der Waals surface area contributed by atoms with E-state index < -0.39 is 0 Å². The maximum absolute atomic E-state index is 11.9. The van der Waals surface area contributed by atoms with Gasteiger partial charge in [-0.15, -0.1) is 0 Å². The zero-order valence-electron chi connectivity index (χ0n) is 16.1. The summed E-state index contributed by atoms with van der Waals surface area (Å²) in [6.45, 7) is 4.92. The van der Waals surface area contributed by atoms with E-state index in [9.17, 15) is 4.79 Å². The molecular formula is C20H27N5O2. The smallest absolute Gasteiger partial charge is 0.310 e. The number of hydrogen-bond donors (Lipinski definition) is 1. The fourth-order valence-corrected chi connectivity index (χ4v) is 3.53. The first kappa shape index (κ1) is 18.9. The van der Waals surface area contributed by atoms with Crippen LogP contribution in [0.25, 0.3) is 0 Å². The van der Waals surface area contributed by atoms with Crippen molar-refractivity contribution in [1.29, 1.82) is 0 Å². The molecule has 27 heavy (non-hydrogen) atoms. The molecule has 1 fully saturated rings. The third-order valence-electron chi connectivity index (χ3n) is 4.97. The zero-order valence-corrected chi connectivity index (χ0v) is 16.1. The van der Waals surface area contributed by atoms with Crippen LogP contribution in [0.3, 0.4) is 0 Å². The van der Waals surface area contributed by atoms with Crippen molar-refractivity contribution >= 4 is 11.9 Å². The first-order valence-electron chi connectivity index (χ1n) is 9.19. The van der Waals surface area contributed by atoms with Crippen molar-refractivity contribution in [3.05, 3.63) is 53.9 Å². The van der Waals surface area contributed by atoms with Gasteiger partial charge in [-0.3, -0.25) is 14.5 Å². The number of guanidine groups is 1. The molecule has 7 heteroatoms. The Labute approximate surface area is 160 Å². The molecule has 1 aromatic heterocycles. The van der Waals surface area contributed by atoms with E-state index in [1.165, 1.54) is 18.2 Å². The van der Waals surface area contributed by atoms with Gasteiger partial charge in [-0.1, -0.05) is 31.2 Å². The van der Waals surface area contributed by atoms with Gasteiger partial charge in [0.05, 0.1) is 19.6 Å². The van der Waals surface area contributed by atoms with Gasteiger partial charge in [0.15, 0.2) is 5.96 Å². The molecule has 2 heterocycles. The quantitative estimate of drug-likeness (QED) is 0.494. The Morgan fingerprint density at radius 1 is 1.33 bits per heavy atom. The lowest BCUT2D eigenvalue weighted by Crippen LogP contribution is -2.40. The van der Waals surface area contributed by atoms with Gasteiger partial charge in [0, 0.05) is 39.1 Å². The summed E-state index contributed by atoms with van der Waals surface area (Å²) >= 11 is 0. The van der Waals surface area contributed by atoms with E-state index in [2.05, 4.69) is 51.5 Å². The molecule has 0 amide bonds. The molecule has 0 saturated carbocycles. The van der Waals surface area contributed by atoms with Crippen LogP contribution in [0, 0.1) is 11.8 Å². The van der Waals surface area contributed by atoms with Crippen molar-refractivity contribution in [1.82, 2.24) is 20.0 Å². The molecule has 144 valence electrons. The van der Waals surface area contributed by atoms with Crippen LogP contribution in [0.5, 0.6) is 0 Å². The highest BCUT2D eigenvalue weighted by Gasteiger charge is 2.36. The molecule has 2 aromatic rings. The van der Waals surface area contributed by atoms with Crippen molar-refractivity contribution in [2.75, 3.05) is 27.2 Å². The summed E-state index contributed by atoms with van der Waals surface area (Å²) in [5.41, 5.74) is 2.38. The number of methoxy groups -OCH3 is 1. The Balaban J connectivity index is 1.59. The summed E-state index contributed by atoms with van der Waals surface area (Å²) < 4.78 is 6.83. The molecule has 2 unspecified atom stereocenters. The van der Waals surface area contributed by atoms with Gasteiger partial charge >= 0.3 is 5.97 Å². The van der Waals surface area contributed by atoms with Crippen molar-refractivity contribution in [2.24, 2.45) is 16.8 Å². The third kappa shape index (κ3) is 4.67. The lowest BCUT2D eigenvalue weighted by molar-refractivity contribution is -0.145. The Morgan fingerprint density at radius 2 is 2.15 bits per heavy atom. The Kier molecular flexibility index (Phi) is 6.11. The SMILES string of the molecule is CN=C(NCc1cccc(Cn2cccn2)c1)N1CC(C)C(C(=O)OC)C1. The minimum Gasteiger partial charge on any atom is -0.469 e. The fourth-order valence-electron chi connectivity index (χ4n) is 3.53. The molecule has 1 N–H and O–H groups in total. The number of likely N-dealkylation sites (tertiary alicyclic amines) is 1. The second kappa shape index (κ2) is 8.70. The molecule has 1 aliphatic heterocycles. The van der Waals surface area contributed by atoms with E-state index in [1.54, 1.807) is 13.2 Å². The normalized spacial score (nSPS) is 20.0. The highest BCUT2D eigenvalue weighted by atomic mass is 16.5. The molecule has 2 atom stereocenters. The molecular weight excluding hydrogens is 342 g/mol. The summed E-state index contributed by atoms with van der Waals surface area (Å²) in [5.74, 6) is 0.803. The fraction of sp³-hybridized carbons (Fsp3) is 0.450. The number of carbonyl (C=O) groups is 1. The topological polar surface area (TPSA) is 71.8 Å². The van der Waals surface area contributed by atoms with Crippen LogP contribution >= 0.6 is 0 Å². The van der Waals surface area contributed by atoms with Gasteiger partial charge < -0.3 is 15.0 Å². The van der Waals surface area contributed by atoms with Gasteiger partial charge in [0.25, 0.3) is 0 Å². The van der Waals surface area contributed by atoms with Crippen LogP contribution in [-0.4, -0.2) is 53.9 Å². The Hall–Kier alpha value is -2.83. The van der Waals surface area contributed by atoms with Gasteiger partial charge in [-0.05, 0) is 23.1 Å². The maximum Gasteiger partial charge on any atom is 0.310 e. The zero-order chi connectivity index (χ0) is 19.2. The Morgan fingerprint density at radius 3 is 2.85 bits per heavy atom. The first-order valence-corrected chi connectivity index (χ1v) is 9.19. The summed E-state index contributed by atoms with van der Waals surface area (Å²) in [6, 6.07) is 10.4. The first-order chi connectivity index (χ1) is 13.1. The van der Waals surface area contributed by atoms with Crippen LogP contribution in [0.15, 0.2) is 47.7 Å². The standard InChI is InChI=1S/C20H27N5O2/c1-15-12-24(14-18(15)19(26)27-3)20(21-2)22-11-16-6-4-7-17(10-16)13-25-9-5-8-23-25/h4-10,15,18H,11-14H2,1-3H3,(H,21,22). The molecule has 1 aliphatic rings. The number of rotatable bonds is 5. The number of carbonyl (C=O) groups excluding carboxylic acids is 1. The number of benzene rings is 1. The summed E-state index contributed by atoms with van der Waals surface area (Å²) in [5, 5.41) is 7.67. The van der Waals surface area contributed by atoms with Gasteiger partial charge in [-0.2, -0.15) is 5.10 Å². The van der Waals surface area contributed by atoms with Gasteiger partial charge in [0.2, 0.25) is 0 Å². The maximum atomic E-state index is 11.9. The highest BCUT2D eigenvalue weighted by Crippen LogP contribution is 2.24. The average molecular weight is 369 g/mol. The monoisotopic (exact) mass is 369 g/mol. The molecule has 0 aliphatic carbocycles. The lowest BCUT2D eigenvalue weighted by atomic mass is 9.99. The van der Waals surface area contributed by atoms with Crippen LogP contribution in [0.2, 0.25) is 0 Å². The largest absolute Gasteiger partial charge is 0.469 e. The van der Waals surface area contributed by atoms with E-state index in [0.29, 0.717) is 13.1 Å². The van der Waals surface area contributed by atoms with Gasteiger partial charge in [0.1, 0.15) is 0 Å². The van der Waals surface area contributed by atoms with E-state index in [-0.39, 0.29) is 17.8 Å². The average Bonchev–Trinajstić information content (AvgIpc) is 3.32. The van der Waals surface area contributed by atoms with Crippen molar-refractivity contribution < 1.29 is 9.53 Å². The van der Waals surface area contributed by atoms with E-state index in [1.807, 2.05) is 16.9 Å². The van der Waals surface area contributed by atoms with Crippen molar-refractivity contribution in [2.45, 2.75) is 20.0 Å². The van der Waals surface area contributed by atoms with Gasteiger partial charge in [-0.25, -0.2) is 0 Å². The minimum absolute atomic E-state index is 0.106. The number of nitrogens with zero attached hydrogens (tertiary/aromatic N) is 4. The van der Waals surface area contributed by atoms with Crippen LogP contribution in [0.1, 0.15) is 18.1 Å². The summed E-state index contributed by atoms with van der Waals surface area (Å²) in [6.07, 6.45) is 3.74. The molecule has 1 saturated heterocycles. The molecule has 0 radical (unpaired) electrons. The second-order valence-corrected chi connectivity index (χ2v) is 6.94. The predicted octanol–water partition coefficient (Wildman–Crippen LogP) is 1.75. The molecule has 1 aromatic carbocycles. The third-order valence-corrected chi connectivity index (χ3v) is 4.97. The van der Waals surface area contributed by atoms with Crippen LogP contribution < -0.4 is 5.32 Å².